The summed E-state index contributed by atoms with van der Waals surface area (Å²) in [5.74, 6) is -0.321. The van der Waals surface area contributed by atoms with Crippen molar-refractivity contribution < 1.29 is 9.53 Å². The molecule has 1 atom stereocenters. The van der Waals surface area contributed by atoms with Gasteiger partial charge in [-0.15, -0.1) is 0 Å². The minimum atomic E-state index is -0.321. The highest BCUT2D eigenvalue weighted by Crippen LogP contribution is 2.21. The van der Waals surface area contributed by atoms with Crippen LogP contribution in [0.2, 0.25) is 0 Å². The number of thiocarbonyl (C=S) groups is 1. The summed E-state index contributed by atoms with van der Waals surface area (Å²) in [4.78, 5) is 12.0. The van der Waals surface area contributed by atoms with Gasteiger partial charge >= 0.3 is 5.97 Å². The third kappa shape index (κ3) is 5.03. The van der Waals surface area contributed by atoms with Crippen LogP contribution in [0.4, 0.5) is 5.69 Å². The fourth-order valence-electron chi connectivity index (χ4n) is 2.62. The zero-order valence-corrected chi connectivity index (χ0v) is 15.7. The number of esters is 1. The van der Waals surface area contributed by atoms with E-state index in [9.17, 15) is 4.79 Å². The molecular weight excluding hydrogens is 332 g/mol. The molecule has 0 saturated heterocycles. The Hall–Kier alpha value is -2.40. The summed E-state index contributed by atoms with van der Waals surface area (Å²) in [6, 6.07) is 15.8. The van der Waals surface area contributed by atoms with Crippen molar-refractivity contribution in [1.29, 1.82) is 0 Å². The Labute approximate surface area is 154 Å². The van der Waals surface area contributed by atoms with Crippen LogP contribution in [0, 0.1) is 6.92 Å². The average Bonchev–Trinajstić information content (AvgIpc) is 2.62. The standard InChI is InChI=1S/C20H24N2O2S/c1-4-17(15-10-7-6-8-11-15)21-20(25)22-18-13-9-12-16(14(18)3)19(23)24-5-2/h6-13,17H,4-5H2,1-3H3,(H2,21,22,25)/t17-/m0/s1. The van der Waals surface area contributed by atoms with Crippen LogP contribution in [0.1, 0.15) is 47.8 Å². The number of benzene rings is 2. The average molecular weight is 356 g/mol. The Morgan fingerprint density at radius 2 is 1.84 bits per heavy atom. The summed E-state index contributed by atoms with van der Waals surface area (Å²) < 4.78 is 5.09. The normalized spacial score (nSPS) is 11.5. The first-order chi connectivity index (χ1) is 12.1. The number of carbonyl (C=O) groups excluding carboxylic acids is 1. The van der Waals surface area contributed by atoms with Crippen LogP contribution in [0.15, 0.2) is 48.5 Å². The molecule has 0 radical (unpaired) electrons. The maximum atomic E-state index is 12.0. The molecule has 0 fully saturated rings. The van der Waals surface area contributed by atoms with E-state index in [0.29, 0.717) is 17.3 Å². The van der Waals surface area contributed by atoms with Gasteiger partial charge in [-0.3, -0.25) is 0 Å². The lowest BCUT2D eigenvalue weighted by atomic mass is 10.0. The van der Waals surface area contributed by atoms with E-state index in [1.54, 1.807) is 13.0 Å². The van der Waals surface area contributed by atoms with Crippen molar-refractivity contribution in [2.45, 2.75) is 33.2 Å². The van der Waals surface area contributed by atoms with Crippen molar-refractivity contribution in [3.63, 3.8) is 0 Å². The van der Waals surface area contributed by atoms with Gasteiger partial charge < -0.3 is 15.4 Å². The van der Waals surface area contributed by atoms with Gasteiger partial charge in [-0.2, -0.15) is 0 Å². The first kappa shape index (κ1) is 18.9. The fraction of sp³-hybridized carbons (Fsp3) is 0.300. The number of ether oxygens (including phenoxy) is 1. The van der Waals surface area contributed by atoms with Crippen LogP contribution in [-0.4, -0.2) is 17.7 Å². The molecule has 2 aromatic rings. The van der Waals surface area contributed by atoms with Gasteiger partial charge in [0.2, 0.25) is 0 Å². The first-order valence-corrected chi connectivity index (χ1v) is 8.86. The van der Waals surface area contributed by atoms with Gasteiger partial charge in [-0.25, -0.2) is 4.79 Å². The molecule has 0 unspecified atom stereocenters. The smallest absolute Gasteiger partial charge is 0.338 e. The zero-order valence-electron chi connectivity index (χ0n) is 14.8. The van der Waals surface area contributed by atoms with Crippen LogP contribution in [0.25, 0.3) is 0 Å². The van der Waals surface area contributed by atoms with Crippen LogP contribution >= 0.6 is 12.2 Å². The minimum Gasteiger partial charge on any atom is -0.462 e. The lowest BCUT2D eigenvalue weighted by Crippen LogP contribution is -2.32. The zero-order chi connectivity index (χ0) is 18.2. The monoisotopic (exact) mass is 356 g/mol. The van der Waals surface area contributed by atoms with Crippen molar-refractivity contribution in [3.05, 3.63) is 65.2 Å². The maximum Gasteiger partial charge on any atom is 0.338 e. The van der Waals surface area contributed by atoms with Gasteiger partial charge in [-0.05, 0) is 55.7 Å². The summed E-state index contributed by atoms with van der Waals surface area (Å²) >= 11 is 5.46. The molecule has 2 N–H and O–H groups in total. The fourth-order valence-corrected chi connectivity index (χ4v) is 2.88. The molecule has 5 heteroatoms. The summed E-state index contributed by atoms with van der Waals surface area (Å²) in [6.07, 6.45) is 0.910. The Bertz CT molecular complexity index is 732. The van der Waals surface area contributed by atoms with E-state index in [4.69, 9.17) is 17.0 Å². The Kier molecular flexibility index (Phi) is 6.95. The molecular formula is C20H24N2O2S. The molecule has 25 heavy (non-hydrogen) atoms. The van der Waals surface area contributed by atoms with Gasteiger partial charge in [0.05, 0.1) is 18.2 Å². The van der Waals surface area contributed by atoms with Gasteiger partial charge in [-0.1, -0.05) is 43.3 Å². The van der Waals surface area contributed by atoms with Crippen molar-refractivity contribution >= 4 is 29.0 Å². The third-order valence-electron chi connectivity index (χ3n) is 3.99. The molecule has 0 aliphatic carbocycles. The van der Waals surface area contributed by atoms with Crippen LogP contribution in [0.5, 0.6) is 0 Å². The van der Waals surface area contributed by atoms with Crippen LogP contribution in [-0.2, 0) is 4.74 Å². The Morgan fingerprint density at radius 3 is 2.48 bits per heavy atom. The van der Waals surface area contributed by atoms with E-state index in [1.165, 1.54) is 5.56 Å². The summed E-state index contributed by atoms with van der Waals surface area (Å²) in [6.45, 7) is 6.14. The van der Waals surface area contributed by atoms with E-state index >= 15 is 0 Å². The van der Waals surface area contributed by atoms with Crippen molar-refractivity contribution in [3.8, 4) is 0 Å². The van der Waals surface area contributed by atoms with E-state index in [2.05, 4.69) is 29.7 Å². The van der Waals surface area contributed by atoms with Crippen molar-refractivity contribution in [1.82, 2.24) is 5.32 Å². The lowest BCUT2D eigenvalue weighted by Gasteiger charge is -2.21. The van der Waals surface area contributed by atoms with Gasteiger partial charge in [0, 0.05) is 5.69 Å². The predicted octanol–water partition coefficient (Wildman–Crippen LogP) is 4.61. The highest BCUT2D eigenvalue weighted by Gasteiger charge is 2.14. The number of rotatable bonds is 6. The molecule has 0 saturated carbocycles. The van der Waals surface area contributed by atoms with E-state index < -0.39 is 0 Å². The highest BCUT2D eigenvalue weighted by molar-refractivity contribution is 7.80. The predicted molar refractivity (Wildman–Crippen MR) is 106 cm³/mol. The first-order valence-electron chi connectivity index (χ1n) is 8.46. The number of hydrogen-bond donors (Lipinski definition) is 2. The molecule has 0 bridgehead atoms. The molecule has 0 spiro atoms. The highest BCUT2D eigenvalue weighted by atomic mass is 32.1. The van der Waals surface area contributed by atoms with Gasteiger partial charge in [0.15, 0.2) is 5.11 Å². The largest absolute Gasteiger partial charge is 0.462 e. The molecule has 0 amide bonds. The minimum absolute atomic E-state index is 0.134. The Morgan fingerprint density at radius 1 is 1.12 bits per heavy atom. The number of hydrogen-bond acceptors (Lipinski definition) is 3. The molecule has 4 nitrogen and oxygen atoms in total. The van der Waals surface area contributed by atoms with Crippen molar-refractivity contribution in [2.75, 3.05) is 11.9 Å². The number of anilines is 1. The summed E-state index contributed by atoms with van der Waals surface area (Å²) in [5, 5.41) is 7.06. The lowest BCUT2D eigenvalue weighted by molar-refractivity contribution is 0.0525. The molecule has 2 rings (SSSR count). The second kappa shape index (κ2) is 9.18. The molecule has 132 valence electrons. The quantitative estimate of drug-likeness (QED) is 0.585. The summed E-state index contributed by atoms with van der Waals surface area (Å²) in [7, 11) is 0. The van der Waals surface area contributed by atoms with Crippen molar-refractivity contribution in [2.24, 2.45) is 0 Å². The van der Waals surface area contributed by atoms with Gasteiger partial charge in [0.1, 0.15) is 0 Å². The number of nitrogens with one attached hydrogen (secondary N) is 2. The topological polar surface area (TPSA) is 50.4 Å². The third-order valence-corrected chi connectivity index (χ3v) is 4.21. The Balaban J connectivity index is 2.10. The molecule has 0 aromatic heterocycles. The summed E-state index contributed by atoms with van der Waals surface area (Å²) in [5.41, 5.74) is 3.35. The number of carbonyl (C=O) groups is 1. The molecule has 0 aliphatic heterocycles. The second-order valence-electron chi connectivity index (χ2n) is 5.67. The maximum absolute atomic E-state index is 12.0. The molecule has 0 heterocycles. The van der Waals surface area contributed by atoms with E-state index in [1.807, 2.05) is 37.3 Å². The van der Waals surface area contributed by atoms with Crippen LogP contribution in [0.3, 0.4) is 0 Å². The SMILES string of the molecule is CCOC(=O)c1cccc(NC(=S)N[C@@H](CC)c2ccccc2)c1C. The van der Waals surface area contributed by atoms with E-state index in [-0.39, 0.29) is 12.0 Å². The van der Waals surface area contributed by atoms with Gasteiger partial charge in [0.25, 0.3) is 0 Å². The molecule has 2 aromatic carbocycles. The van der Waals surface area contributed by atoms with E-state index in [0.717, 1.165) is 17.7 Å². The van der Waals surface area contributed by atoms with Crippen LogP contribution < -0.4 is 10.6 Å². The molecule has 0 aliphatic rings. The second-order valence-corrected chi connectivity index (χ2v) is 6.08.